The molecule has 1 amide bonds. The normalized spacial score (nSPS) is 11.8. The second-order valence-corrected chi connectivity index (χ2v) is 12.5. The number of carbonyl (C=O) groups is 1. The van der Waals surface area contributed by atoms with Gasteiger partial charge in [0, 0.05) is 52.5 Å². The molecule has 0 radical (unpaired) electrons. The van der Waals surface area contributed by atoms with E-state index in [4.69, 9.17) is 0 Å². The van der Waals surface area contributed by atoms with Gasteiger partial charge in [-0.3, -0.25) is 14.9 Å². The Hall–Kier alpha value is -4.90. The van der Waals surface area contributed by atoms with E-state index in [1.807, 2.05) is 42.5 Å². The van der Waals surface area contributed by atoms with Gasteiger partial charge in [-0.25, -0.2) is 17.8 Å². The number of halogens is 1. The van der Waals surface area contributed by atoms with Crippen molar-refractivity contribution in [2.75, 3.05) is 17.3 Å². The summed E-state index contributed by atoms with van der Waals surface area (Å²) in [7, 11) is -3.18. The van der Waals surface area contributed by atoms with Crippen molar-refractivity contribution >= 4 is 43.4 Å². The van der Waals surface area contributed by atoms with Crippen LogP contribution in [0, 0.1) is 5.82 Å². The first kappa shape index (κ1) is 27.3. The summed E-state index contributed by atoms with van der Waals surface area (Å²) < 4.78 is 37.9. The predicted molar refractivity (Wildman–Crippen MR) is 162 cm³/mol. The van der Waals surface area contributed by atoms with E-state index in [-0.39, 0.29) is 18.1 Å². The number of aromatic nitrogens is 5. The summed E-state index contributed by atoms with van der Waals surface area (Å²) in [5.74, 6) is -0.568. The number of amides is 1. The molecule has 0 saturated heterocycles. The molecule has 4 aromatic heterocycles. The Morgan fingerprint density at radius 3 is 2.62 bits per heavy atom. The molecule has 0 aliphatic carbocycles. The summed E-state index contributed by atoms with van der Waals surface area (Å²) in [4.78, 5) is 24.1. The fourth-order valence-corrected chi connectivity index (χ4v) is 5.58. The van der Waals surface area contributed by atoms with E-state index < -0.39 is 15.7 Å². The number of nitrogens with one attached hydrogen (secondary N) is 3. The molecule has 0 unspecified atom stereocenters. The number of fused-ring (bicyclic) bond motifs is 2. The fourth-order valence-electron chi connectivity index (χ4n) is 4.97. The maximum atomic E-state index is 14.6. The van der Waals surface area contributed by atoms with Gasteiger partial charge in [0.25, 0.3) is 0 Å². The molecule has 6 aromatic rings. The summed E-state index contributed by atoms with van der Waals surface area (Å²) in [6.45, 7) is 1.79. The Kier molecular flexibility index (Phi) is 7.03. The van der Waals surface area contributed by atoms with Crippen LogP contribution in [0.1, 0.15) is 18.9 Å². The Morgan fingerprint density at radius 1 is 0.976 bits per heavy atom. The molecule has 9 nitrogen and oxygen atoms in total. The standard InChI is InChI=1S/C31H27FN6O3S/c1-3-29(39)35-23-12-20(15-33-17-23)21-13-26-30(37-38-31(26)34-16-21)28-14-25-24(5-4-6-27(25)36-28)19-9-18(10-22(32)11-19)7-8-42(2,40)41/h4-6,9-17,36H,3,7-8H2,1-2H3,(H,35,39)(H,34,37,38). The van der Waals surface area contributed by atoms with Crippen molar-refractivity contribution in [3.8, 4) is 33.6 Å². The van der Waals surface area contributed by atoms with Gasteiger partial charge in [0.15, 0.2) is 5.65 Å². The predicted octanol–water partition coefficient (Wildman–Crippen LogP) is 5.91. The first-order valence-electron chi connectivity index (χ1n) is 13.4. The number of anilines is 1. The number of aromatic amines is 2. The maximum absolute atomic E-state index is 14.6. The van der Waals surface area contributed by atoms with Crippen molar-refractivity contribution < 1.29 is 17.6 Å². The van der Waals surface area contributed by atoms with Gasteiger partial charge in [-0.1, -0.05) is 25.1 Å². The van der Waals surface area contributed by atoms with Crippen molar-refractivity contribution in [1.82, 2.24) is 25.1 Å². The van der Waals surface area contributed by atoms with Crippen LogP contribution in [0.5, 0.6) is 0 Å². The largest absolute Gasteiger partial charge is 0.353 e. The lowest BCUT2D eigenvalue weighted by Gasteiger charge is -2.08. The smallest absolute Gasteiger partial charge is 0.224 e. The molecule has 0 atom stereocenters. The van der Waals surface area contributed by atoms with Gasteiger partial charge in [-0.15, -0.1) is 0 Å². The molecule has 4 heterocycles. The van der Waals surface area contributed by atoms with Crippen LogP contribution in [0.15, 0.2) is 73.2 Å². The quantitative estimate of drug-likeness (QED) is 0.204. The Labute approximate surface area is 241 Å². The van der Waals surface area contributed by atoms with Crippen LogP contribution in [-0.4, -0.2) is 51.5 Å². The zero-order valence-corrected chi connectivity index (χ0v) is 23.7. The molecule has 212 valence electrons. The number of sulfone groups is 1. The van der Waals surface area contributed by atoms with Crippen molar-refractivity contribution in [2.45, 2.75) is 19.8 Å². The second kappa shape index (κ2) is 10.8. The number of hydrogen-bond donors (Lipinski definition) is 3. The summed E-state index contributed by atoms with van der Waals surface area (Å²) in [5.41, 5.74) is 7.20. The molecule has 0 aliphatic heterocycles. The van der Waals surface area contributed by atoms with Crippen molar-refractivity contribution in [2.24, 2.45) is 0 Å². The Balaban J connectivity index is 1.39. The molecule has 0 spiro atoms. The summed E-state index contributed by atoms with van der Waals surface area (Å²) in [6, 6.07) is 16.2. The summed E-state index contributed by atoms with van der Waals surface area (Å²) in [5, 5.41) is 12.0. The summed E-state index contributed by atoms with van der Waals surface area (Å²) >= 11 is 0. The monoisotopic (exact) mass is 582 g/mol. The van der Waals surface area contributed by atoms with Crippen LogP contribution < -0.4 is 5.32 Å². The van der Waals surface area contributed by atoms with Gasteiger partial charge in [0.1, 0.15) is 15.7 Å². The lowest BCUT2D eigenvalue weighted by molar-refractivity contribution is -0.115. The molecule has 0 bridgehead atoms. The van der Waals surface area contributed by atoms with Crippen LogP contribution >= 0.6 is 0 Å². The minimum atomic E-state index is -3.18. The van der Waals surface area contributed by atoms with E-state index in [0.717, 1.165) is 44.4 Å². The van der Waals surface area contributed by atoms with E-state index in [1.54, 1.807) is 25.5 Å². The number of hydrogen-bond acceptors (Lipinski definition) is 6. The van der Waals surface area contributed by atoms with Crippen molar-refractivity contribution in [3.63, 3.8) is 0 Å². The topological polar surface area (TPSA) is 133 Å². The number of aryl methyl sites for hydroxylation is 1. The molecule has 0 fully saturated rings. The van der Waals surface area contributed by atoms with E-state index in [9.17, 15) is 17.6 Å². The van der Waals surface area contributed by atoms with Gasteiger partial charge in [-0.2, -0.15) is 5.10 Å². The highest BCUT2D eigenvalue weighted by molar-refractivity contribution is 7.90. The van der Waals surface area contributed by atoms with Crippen LogP contribution in [0.4, 0.5) is 10.1 Å². The fraction of sp³-hybridized carbons (Fsp3) is 0.161. The molecule has 0 aliphatic rings. The number of nitrogens with zero attached hydrogens (tertiary/aromatic N) is 3. The number of carbonyl (C=O) groups excluding carboxylic acids is 1. The Bertz CT molecular complexity index is 2080. The zero-order valence-electron chi connectivity index (χ0n) is 22.9. The SMILES string of the molecule is CCC(=O)Nc1cncc(-c2cnc3n[nH]c(-c4cc5c(-c6cc(F)cc(CCS(C)(=O)=O)c6)cccc5[nH]4)c3c2)c1. The van der Waals surface area contributed by atoms with Crippen molar-refractivity contribution in [1.29, 1.82) is 0 Å². The van der Waals surface area contributed by atoms with E-state index >= 15 is 0 Å². The van der Waals surface area contributed by atoms with Crippen LogP contribution in [0.3, 0.4) is 0 Å². The first-order valence-corrected chi connectivity index (χ1v) is 15.4. The average Bonchev–Trinajstić information content (AvgIpc) is 3.59. The average molecular weight is 583 g/mol. The molecular weight excluding hydrogens is 555 g/mol. The highest BCUT2D eigenvalue weighted by Gasteiger charge is 2.16. The number of pyridine rings is 2. The van der Waals surface area contributed by atoms with Gasteiger partial charge < -0.3 is 10.3 Å². The number of benzene rings is 2. The third-order valence-corrected chi connectivity index (χ3v) is 8.00. The van der Waals surface area contributed by atoms with Gasteiger partial charge in [0.05, 0.1) is 29.0 Å². The van der Waals surface area contributed by atoms with Crippen LogP contribution in [-0.2, 0) is 21.1 Å². The second-order valence-electron chi connectivity index (χ2n) is 10.2. The highest BCUT2D eigenvalue weighted by atomic mass is 32.2. The highest BCUT2D eigenvalue weighted by Crippen LogP contribution is 2.35. The van der Waals surface area contributed by atoms with Gasteiger partial charge in [-0.05, 0) is 59.5 Å². The minimum Gasteiger partial charge on any atom is -0.353 e. The molecule has 3 N–H and O–H groups in total. The third-order valence-electron chi connectivity index (χ3n) is 7.05. The molecular formula is C31H27FN6O3S. The lowest BCUT2D eigenvalue weighted by Crippen LogP contribution is -2.09. The number of rotatable bonds is 8. The van der Waals surface area contributed by atoms with E-state index in [2.05, 4.69) is 30.5 Å². The molecule has 11 heteroatoms. The van der Waals surface area contributed by atoms with Crippen LogP contribution in [0.2, 0.25) is 0 Å². The lowest BCUT2D eigenvalue weighted by atomic mass is 9.98. The molecule has 42 heavy (non-hydrogen) atoms. The van der Waals surface area contributed by atoms with Crippen molar-refractivity contribution in [3.05, 3.63) is 84.6 Å². The molecule has 6 rings (SSSR count). The third kappa shape index (κ3) is 5.64. The molecule has 0 saturated carbocycles. The maximum Gasteiger partial charge on any atom is 0.224 e. The molecule has 2 aromatic carbocycles. The number of H-pyrrole nitrogens is 2. The first-order chi connectivity index (χ1) is 20.2. The Morgan fingerprint density at radius 2 is 1.81 bits per heavy atom. The van der Waals surface area contributed by atoms with Crippen LogP contribution in [0.25, 0.3) is 55.6 Å². The zero-order chi connectivity index (χ0) is 29.4. The van der Waals surface area contributed by atoms with E-state index in [0.29, 0.717) is 28.9 Å². The summed E-state index contributed by atoms with van der Waals surface area (Å²) in [6.07, 6.45) is 6.80. The van der Waals surface area contributed by atoms with Gasteiger partial charge in [0.2, 0.25) is 5.91 Å². The van der Waals surface area contributed by atoms with E-state index in [1.165, 1.54) is 18.4 Å². The van der Waals surface area contributed by atoms with Gasteiger partial charge >= 0.3 is 0 Å². The minimum absolute atomic E-state index is 0.0505.